The van der Waals surface area contributed by atoms with E-state index in [4.69, 9.17) is 9.72 Å². The highest BCUT2D eigenvalue weighted by atomic mass is 16.5. The molecule has 0 spiro atoms. The van der Waals surface area contributed by atoms with Gasteiger partial charge < -0.3 is 15.2 Å². The SMILES string of the molecule is CC1(C)CO/C(=C(/C#N)c2cccc(C(O)(c3ccccc3)c3ccccc3)n2)N1. The minimum Gasteiger partial charge on any atom is -0.476 e. The van der Waals surface area contributed by atoms with Gasteiger partial charge in [-0.3, -0.25) is 0 Å². The number of pyridine rings is 1. The third kappa shape index (κ3) is 3.54. The molecule has 0 amide bonds. The van der Waals surface area contributed by atoms with Crippen molar-refractivity contribution in [2.75, 3.05) is 6.61 Å². The van der Waals surface area contributed by atoms with Crippen molar-refractivity contribution in [1.29, 1.82) is 5.26 Å². The highest BCUT2D eigenvalue weighted by molar-refractivity contribution is 5.76. The number of aliphatic hydroxyl groups is 1. The summed E-state index contributed by atoms with van der Waals surface area (Å²) in [7, 11) is 0. The van der Waals surface area contributed by atoms with Gasteiger partial charge >= 0.3 is 0 Å². The van der Waals surface area contributed by atoms with E-state index in [2.05, 4.69) is 11.4 Å². The van der Waals surface area contributed by atoms with Crippen LogP contribution in [0.4, 0.5) is 0 Å². The molecule has 0 saturated carbocycles. The Kier molecular flexibility index (Phi) is 5.03. The van der Waals surface area contributed by atoms with Gasteiger partial charge in [0.1, 0.15) is 18.2 Å². The molecule has 1 aliphatic rings. The molecule has 30 heavy (non-hydrogen) atoms. The molecule has 5 heteroatoms. The maximum atomic E-state index is 11.9. The summed E-state index contributed by atoms with van der Waals surface area (Å²) in [6.07, 6.45) is 0. The van der Waals surface area contributed by atoms with Gasteiger partial charge in [0.2, 0.25) is 5.88 Å². The van der Waals surface area contributed by atoms with Gasteiger partial charge in [-0.15, -0.1) is 0 Å². The van der Waals surface area contributed by atoms with Gasteiger partial charge in [0.05, 0.1) is 16.9 Å². The van der Waals surface area contributed by atoms with E-state index in [0.29, 0.717) is 40.6 Å². The van der Waals surface area contributed by atoms with Crippen molar-refractivity contribution in [3.63, 3.8) is 0 Å². The number of nitrogens with one attached hydrogen (secondary N) is 1. The summed E-state index contributed by atoms with van der Waals surface area (Å²) in [5.74, 6) is 0.412. The van der Waals surface area contributed by atoms with Crippen LogP contribution < -0.4 is 5.32 Å². The van der Waals surface area contributed by atoms with Crippen LogP contribution in [0.1, 0.15) is 36.4 Å². The molecule has 4 rings (SSSR count). The molecule has 1 fully saturated rings. The molecule has 2 aromatic carbocycles. The number of hydrogen-bond acceptors (Lipinski definition) is 5. The minimum absolute atomic E-state index is 0.260. The Morgan fingerprint density at radius 3 is 2.10 bits per heavy atom. The van der Waals surface area contributed by atoms with E-state index >= 15 is 0 Å². The minimum atomic E-state index is -1.47. The molecule has 2 heterocycles. The van der Waals surface area contributed by atoms with Crippen LogP contribution >= 0.6 is 0 Å². The number of nitrogens with zero attached hydrogens (tertiary/aromatic N) is 2. The first-order valence-corrected chi connectivity index (χ1v) is 9.81. The second kappa shape index (κ2) is 7.66. The third-order valence-corrected chi connectivity index (χ3v) is 5.13. The Morgan fingerprint density at radius 2 is 1.60 bits per heavy atom. The Bertz CT molecular complexity index is 1080. The monoisotopic (exact) mass is 397 g/mol. The average molecular weight is 397 g/mol. The lowest BCUT2D eigenvalue weighted by molar-refractivity contribution is 0.121. The van der Waals surface area contributed by atoms with E-state index in [1.807, 2.05) is 74.5 Å². The Balaban J connectivity index is 1.87. The number of benzene rings is 2. The second-order valence-corrected chi connectivity index (χ2v) is 7.96. The second-order valence-electron chi connectivity index (χ2n) is 7.96. The zero-order chi connectivity index (χ0) is 21.2. The summed E-state index contributed by atoms with van der Waals surface area (Å²) in [4.78, 5) is 4.71. The highest BCUT2D eigenvalue weighted by Gasteiger charge is 2.36. The summed E-state index contributed by atoms with van der Waals surface area (Å²) in [5.41, 5.74) is 0.859. The molecule has 1 aliphatic heterocycles. The van der Waals surface area contributed by atoms with Crippen LogP contribution in [0.5, 0.6) is 0 Å². The van der Waals surface area contributed by atoms with E-state index in [-0.39, 0.29) is 5.54 Å². The molecule has 0 radical (unpaired) electrons. The number of nitriles is 1. The van der Waals surface area contributed by atoms with Crippen LogP contribution in [-0.2, 0) is 10.3 Å². The first-order valence-electron chi connectivity index (χ1n) is 9.81. The molecular weight excluding hydrogens is 374 g/mol. The standard InChI is InChI=1S/C25H23N3O2/c1-24(2)17-30-23(28-24)20(16-26)21-14-9-15-22(27-21)25(29,18-10-5-3-6-11-18)19-12-7-4-8-13-19/h3-15,28-29H,17H2,1-2H3/b23-20-. The summed E-state index contributed by atoms with van der Waals surface area (Å²) >= 11 is 0. The molecule has 5 nitrogen and oxygen atoms in total. The van der Waals surface area contributed by atoms with E-state index in [0.717, 1.165) is 0 Å². The lowest BCUT2D eigenvalue weighted by Crippen LogP contribution is -2.34. The van der Waals surface area contributed by atoms with Gasteiger partial charge in [0.25, 0.3) is 0 Å². The fraction of sp³-hybridized carbons (Fsp3) is 0.200. The number of hydrogen-bond donors (Lipinski definition) is 2. The largest absolute Gasteiger partial charge is 0.476 e. The predicted molar refractivity (Wildman–Crippen MR) is 115 cm³/mol. The average Bonchev–Trinajstić information content (AvgIpc) is 3.14. The quantitative estimate of drug-likeness (QED) is 0.652. The van der Waals surface area contributed by atoms with Crippen molar-refractivity contribution in [1.82, 2.24) is 10.3 Å². The van der Waals surface area contributed by atoms with Gasteiger partial charge in [0, 0.05) is 0 Å². The van der Waals surface area contributed by atoms with Crippen molar-refractivity contribution in [2.45, 2.75) is 25.0 Å². The predicted octanol–water partition coefficient (Wildman–Crippen LogP) is 3.96. The van der Waals surface area contributed by atoms with E-state index in [1.54, 1.807) is 18.2 Å². The van der Waals surface area contributed by atoms with Crippen molar-refractivity contribution in [3.8, 4) is 6.07 Å². The molecule has 0 unspecified atom stereocenters. The molecule has 0 atom stereocenters. The van der Waals surface area contributed by atoms with Gasteiger partial charge in [0.15, 0.2) is 5.60 Å². The summed E-state index contributed by atoms with van der Waals surface area (Å²) in [5, 5.41) is 25.0. The van der Waals surface area contributed by atoms with Gasteiger partial charge in [-0.2, -0.15) is 5.26 Å². The zero-order valence-corrected chi connectivity index (χ0v) is 17.0. The zero-order valence-electron chi connectivity index (χ0n) is 17.0. The summed E-state index contributed by atoms with van der Waals surface area (Å²) in [6.45, 7) is 4.47. The van der Waals surface area contributed by atoms with Crippen LogP contribution in [0, 0.1) is 11.3 Å². The maximum absolute atomic E-state index is 11.9. The van der Waals surface area contributed by atoms with Crippen LogP contribution in [0.3, 0.4) is 0 Å². The van der Waals surface area contributed by atoms with E-state index in [1.165, 1.54) is 0 Å². The van der Waals surface area contributed by atoms with Gasteiger partial charge in [-0.05, 0) is 37.1 Å². The molecule has 2 N–H and O–H groups in total. The molecule has 1 aromatic heterocycles. The lowest BCUT2D eigenvalue weighted by Gasteiger charge is -2.29. The Morgan fingerprint density at radius 1 is 1.00 bits per heavy atom. The van der Waals surface area contributed by atoms with E-state index < -0.39 is 5.60 Å². The molecule has 150 valence electrons. The molecule has 1 saturated heterocycles. The molecule has 3 aromatic rings. The van der Waals surface area contributed by atoms with Crippen molar-refractivity contribution in [3.05, 3.63) is 107 Å². The number of allylic oxidation sites excluding steroid dienone is 1. The van der Waals surface area contributed by atoms with Crippen molar-refractivity contribution in [2.24, 2.45) is 0 Å². The lowest BCUT2D eigenvalue weighted by atomic mass is 9.83. The van der Waals surface area contributed by atoms with Crippen molar-refractivity contribution >= 4 is 5.57 Å². The fourth-order valence-electron chi connectivity index (χ4n) is 3.59. The summed E-state index contributed by atoms with van der Waals surface area (Å²) < 4.78 is 5.71. The number of ether oxygens (including phenoxy) is 1. The van der Waals surface area contributed by atoms with Crippen LogP contribution in [0.25, 0.3) is 5.57 Å². The topological polar surface area (TPSA) is 78.2 Å². The Labute approximate surface area is 176 Å². The Hall–Kier alpha value is -3.62. The van der Waals surface area contributed by atoms with Crippen LogP contribution in [0.15, 0.2) is 84.7 Å². The number of rotatable bonds is 4. The van der Waals surface area contributed by atoms with Crippen LogP contribution in [-0.4, -0.2) is 22.2 Å². The first-order chi connectivity index (χ1) is 14.4. The normalized spacial score (nSPS) is 16.9. The van der Waals surface area contributed by atoms with Gasteiger partial charge in [-0.1, -0.05) is 66.7 Å². The van der Waals surface area contributed by atoms with Crippen molar-refractivity contribution < 1.29 is 9.84 Å². The first kappa shape index (κ1) is 19.7. The molecule has 0 aliphatic carbocycles. The third-order valence-electron chi connectivity index (χ3n) is 5.13. The molecule has 0 bridgehead atoms. The fourth-order valence-corrected chi connectivity index (χ4v) is 3.59. The van der Waals surface area contributed by atoms with Crippen LogP contribution in [0.2, 0.25) is 0 Å². The highest BCUT2D eigenvalue weighted by Crippen LogP contribution is 2.36. The smallest absolute Gasteiger partial charge is 0.207 e. The van der Waals surface area contributed by atoms with E-state index in [9.17, 15) is 10.4 Å². The summed E-state index contributed by atoms with van der Waals surface area (Å²) in [6, 6.07) is 26.4. The maximum Gasteiger partial charge on any atom is 0.207 e. The number of aromatic nitrogens is 1. The van der Waals surface area contributed by atoms with Gasteiger partial charge in [-0.25, -0.2) is 4.98 Å². The molecular formula is C25H23N3O2.